The minimum absolute atomic E-state index is 0.733. The Bertz CT molecular complexity index is 420. The Balaban J connectivity index is 2.57. The number of fused-ring (bicyclic) bond motifs is 1. The van der Waals surface area contributed by atoms with Gasteiger partial charge in [0.05, 0.1) is 7.11 Å². The number of methoxy groups -OCH3 is 1. The zero-order valence-corrected chi connectivity index (χ0v) is 8.27. The molecule has 0 saturated heterocycles. The molecule has 2 rings (SSSR count). The molecule has 0 aliphatic carbocycles. The van der Waals surface area contributed by atoms with E-state index in [2.05, 4.69) is 23.7 Å². The Morgan fingerprint density at radius 2 is 2.23 bits per heavy atom. The second-order valence-electron chi connectivity index (χ2n) is 2.91. The fourth-order valence-corrected chi connectivity index (χ4v) is 1.55. The number of aromatic nitrogens is 1. The summed E-state index contributed by atoms with van der Waals surface area (Å²) in [7, 11) is 1.67. The third kappa shape index (κ3) is 1.52. The van der Waals surface area contributed by atoms with Crippen molar-refractivity contribution in [2.75, 3.05) is 7.11 Å². The molecule has 3 heteroatoms. The number of hydrogen-bond donors (Lipinski definition) is 2. The summed E-state index contributed by atoms with van der Waals surface area (Å²) in [4.78, 5) is 3.26. The Hall–Kier alpha value is -1.09. The van der Waals surface area contributed by atoms with Gasteiger partial charge in [0.2, 0.25) is 0 Å². The SMILES string of the molecule is COc1ccc2cc(CS)[nH]c2c1. The molecular weight excluding hydrogens is 182 g/mol. The Morgan fingerprint density at radius 1 is 1.38 bits per heavy atom. The van der Waals surface area contributed by atoms with E-state index in [1.165, 1.54) is 5.39 Å². The summed E-state index contributed by atoms with van der Waals surface area (Å²) in [5.74, 6) is 1.61. The van der Waals surface area contributed by atoms with Gasteiger partial charge >= 0.3 is 0 Å². The number of benzene rings is 1. The third-order valence-electron chi connectivity index (χ3n) is 2.06. The lowest BCUT2D eigenvalue weighted by atomic mass is 10.2. The van der Waals surface area contributed by atoms with E-state index in [0.29, 0.717) is 0 Å². The highest BCUT2D eigenvalue weighted by atomic mass is 32.1. The predicted molar refractivity (Wildman–Crippen MR) is 57.5 cm³/mol. The maximum Gasteiger partial charge on any atom is 0.120 e. The van der Waals surface area contributed by atoms with Gasteiger partial charge in [0, 0.05) is 23.0 Å². The molecule has 0 radical (unpaired) electrons. The number of thiol groups is 1. The zero-order chi connectivity index (χ0) is 9.26. The second-order valence-corrected chi connectivity index (χ2v) is 3.22. The first-order valence-electron chi connectivity index (χ1n) is 4.10. The standard InChI is InChI=1S/C10H11NOS/c1-12-9-3-2-7-4-8(6-13)11-10(7)5-9/h2-5,11,13H,6H2,1H3. The monoisotopic (exact) mass is 193 g/mol. The van der Waals surface area contributed by atoms with Crippen LogP contribution >= 0.6 is 12.6 Å². The number of ether oxygens (including phenoxy) is 1. The maximum absolute atomic E-state index is 5.13. The molecule has 0 atom stereocenters. The Labute approximate surface area is 82.3 Å². The van der Waals surface area contributed by atoms with E-state index in [4.69, 9.17) is 4.74 Å². The van der Waals surface area contributed by atoms with Gasteiger partial charge in [0.1, 0.15) is 5.75 Å². The van der Waals surface area contributed by atoms with Crippen molar-refractivity contribution in [3.63, 3.8) is 0 Å². The summed E-state index contributed by atoms with van der Waals surface area (Å²) in [6, 6.07) is 8.08. The highest BCUT2D eigenvalue weighted by Gasteiger charge is 2.00. The Morgan fingerprint density at radius 3 is 2.92 bits per heavy atom. The number of hydrogen-bond acceptors (Lipinski definition) is 2. The van der Waals surface area contributed by atoms with Crippen LogP contribution in [0.2, 0.25) is 0 Å². The van der Waals surface area contributed by atoms with Gasteiger partial charge in [-0.15, -0.1) is 0 Å². The fourth-order valence-electron chi connectivity index (χ4n) is 1.38. The van der Waals surface area contributed by atoms with Gasteiger partial charge in [-0.3, -0.25) is 0 Å². The van der Waals surface area contributed by atoms with Crippen LogP contribution in [0.3, 0.4) is 0 Å². The van der Waals surface area contributed by atoms with Crippen molar-refractivity contribution in [1.29, 1.82) is 0 Å². The van der Waals surface area contributed by atoms with E-state index in [-0.39, 0.29) is 0 Å². The first-order valence-corrected chi connectivity index (χ1v) is 4.73. The normalized spacial score (nSPS) is 10.6. The average Bonchev–Trinajstić information content (AvgIpc) is 2.58. The summed E-state index contributed by atoms with van der Waals surface area (Å²) < 4.78 is 5.13. The van der Waals surface area contributed by atoms with Crippen molar-refractivity contribution >= 4 is 23.5 Å². The molecule has 13 heavy (non-hydrogen) atoms. The molecule has 68 valence electrons. The van der Waals surface area contributed by atoms with Crippen molar-refractivity contribution in [3.05, 3.63) is 30.0 Å². The molecule has 1 N–H and O–H groups in total. The topological polar surface area (TPSA) is 25.0 Å². The molecule has 0 saturated carbocycles. The van der Waals surface area contributed by atoms with Crippen molar-refractivity contribution < 1.29 is 4.74 Å². The lowest BCUT2D eigenvalue weighted by molar-refractivity contribution is 0.415. The van der Waals surface area contributed by atoms with Crippen LogP contribution < -0.4 is 4.74 Å². The van der Waals surface area contributed by atoms with Gasteiger partial charge in [-0.2, -0.15) is 12.6 Å². The second kappa shape index (κ2) is 3.34. The molecule has 1 aromatic carbocycles. The first-order chi connectivity index (χ1) is 6.33. The first kappa shape index (κ1) is 8.51. The molecule has 0 amide bonds. The van der Waals surface area contributed by atoms with E-state index < -0.39 is 0 Å². The minimum atomic E-state index is 0.733. The van der Waals surface area contributed by atoms with Crippen molar-refractivity contribution in [2.45, 2.75) is 5.75 Å². The third-order valence-corrected chi connectivity index (χ3v) is 2.40. The molecule has 2 aromatic rings. The number of rotatable bonds is 2. The molecule has 2 nitrogen and oxygen atoms in total. The van der Waals surface area contributed by atoms with E-state index in [0.717, 1.165) is 22.7 Å². The van der Waals surface area contributed by atoms with Gasteiger partial charge in [0.15, 0.2) is 0 Å². The largest absolute Gasteiger partial charge is 0.497 e. The van der Waals surface area contributed by atoms with E-state index in [9.17, 15) is 0 Å². The summed E-state index contributed by atoms with van der Waals surface area (Å²) in [6.45, 7) is 0. The maximum atomic E-state index is 5.13. The van der Waals surface area contributed by atoms with E-state index >= 15 is 0 Å². The highest BCUT2D eigenvalue weighted by Crippen LogP contribution is 2.21. The lowest BCUT2D eigenvalue weighted by Gasteiger charge is -1.97. The van der Waals surface area contributed by atoms with Gasteiger partial charge in [-0.1, -0.05) is 0 Å². The average molecular weight is 193 g/mol. The van der Waals surface area contributed by atoms with Crippen LogP contribution in [0.5, 0.6) is 5.75 Å². The minimum Gasteiger partial charge on any atom is -0.497 e. The Kier molecular flexibility index (Phi) is 2.19. The summed E-state index contributed by atoms with van der Waals surface area (Å²) in [5.41, 5.74) is 2.23. The van der Waals surface area contributed by atoms with Crippen LogP contribution in [-0.2, 0) is 5.75 Å². The van der Waals surface area contributed by atoms with Crippen molar-refractivity contribution in [1.82, 2.24) is 4.98 Å². The number of H-pyrrole nitrogens is 1. The van der Waals surface area contributed by atoms with Crippen LogP contribution in [-0.4, -0.2) is 12.1 Å². The summed E-state index contributed by atoms with van der Waals surface area (Å²) in [6.07, 6.45) is 0. The van der Waals surface area contributed by atoms with Crippen molar-refractivity contribution in [3.8, 4) is 5.75 Å². The molecule has 1 aromatic heterocycles. The molecule has 0 aliphatic heterocycles. The van der Waals surface area contributed by atoms with Gasteiger partial charge in [-0.05, 0) is 23.6 Å². The van der Waals surface area contributed by atoms with Gasteiger partial charge in [-0.25, -0.2) is 0 Å². The van der Waals surface area contributed by atoms with Crippen LogP contribution in [0, 0.1) is 0 Å². The van der Waals surface area contributed by atoms with E-state index in [1.54, 1.807) is 7.11 Å². The van der Waals surface area contributed by atoms with Gasteiger partial charge < -0.3 is 9.72 Å². The van der Waals surface area contributed by atoms with Crippen molar-refractivity contribution in [2.24, 2.45) is 0 Å². The lowest BCUT2D eigenvalue weighted by Crippen LogP contribution is -1.81. The molecule has 0 aliphatic rings. The molecule has 0 spiro atoms. The van der Waals surface area contributed by atoms with Crippen LogP contribution in [0.25, 0.3) is 10.9 Å². The molecule has 1 heterocycles. The van der Waals surface area contributed by atoms with Crippen LogP contribution in [0.15, 0.2) is 24.3 Å². The molecule has 0 fully saturated rings. The highest BCUT2D eigenvalue weighted by molar-refractivity contribution is 7.79. The van der Waals surface area contributed by atoms with E-state index in [1.807, 2.05) is 18.2 Å². The molecular formula is C10H11NOS. The fraction of sp³-hybridized carbons (Fsp3) is 0.200. The number of nitrogens with one attached hydrogen (secondary N) is 1. The quantitative estimate of drug-likeness (QED) is 0.704. The van der Waals surface area contributed by atoms with Gasteiger partial charge in [0.25, 0.3) is 0 Å². The van der Waals surface area contributed by atoms with Crippen LogP contribution in [0.4, 0.5) is 0 Å². The smallest absolute Gasteiger partial charge is 0.120 e. The molecule has 0 unspecified atom stereocenters. The predicted octanol–water partition coefficient (Wildman–Crippen LogP) is 2.61. The zero-order valence-electron chi connectivity index (χ0n) is 7.37. The number of aromatic amines is 1. The molecule has 0 bridgehead atoms. The summed E-state index contributed by atoms with van der Waals surface area (Å²) in [5, 5.41) is 1.20. The summed E-state index contributed by atoms with van der Waals surface area (Å²) >= 11 is 4.21. The van der Waals surface area contributed by atoms with Crippen LogP contribution in [0.1, 0.15) is 5.69 Å².